The van der Waals surface area contributed by atoms with E-state index in [1.165, 1.54) is 37.0 Å². The summed E-state index contributed by atoms with van der Waals surface area (Å²) in [5.74, 6) is 0.578. The summed E-state index contributed by atoms with van der Waals surface area (Å²) in [6.07, 6.45) is 6.18. The summed E-state index contributed by atoms with van der Waals surface area (Å²) in [6, 6.07) is 7.94. The molecule has 0 aliphatic heterocycles. The summed E-state index contributed by atoms with van der Waals surface area (Å²) in [5.41, 5.74) is 4.71. The molecule has 1 aromatic rings. The number of hydrazone groups is 1. The predicted octanol–water partition coefficient (Wildman–Crippen LogP) is 2.67. The van der Waals surface area contributed by atoms with Crippen LogP contribution in [0.25, 0.3) is 0 Å². The fraction of sp³-hybridized carbons (Fsp3) is 0.526. The average molecular weight is 377 g/mol. The van der Waals surface area contributed by atoms with E-state index >= 15 is 0 Å². The highest BCUT2D eigenvalue weighted by molar-refractivity contribution is 7.80. The highest BCUT2D eigenvalue weighted by Crippen LogP contribution is 2.17. The van der Waals surface area contributed by atoms with Crippen LogP contribution in [0, 0.1) is 0 Å². The number of likely N-dealkylation sites (N-methyl/N-ethyl adjacent to an activating group) is 1. The Hall–Kier alpha value is -2.15. The van der Waals surface area contributed by atoms with Gasteiger partial charge < -0.3 is 15.0 Å². The van der Waals surface area contributed by atoms with Crippen LogP contribution in [0.4, 0.5) is 0 Å². The van der Waals surface area contributed by atoms with Gasteiger partial charge in [-0.3, -0.25) is 10.2 Å². The average Bonchev–Trinajstić information content (AvgIpc) is 2.65. The summed E-state index contributed by atoms with van der Waals surface area (Å²) >= 11 is 5.32. The van der Waals surface area contributed by atoms with Crippen molar-refractivity contribution in [2.75, 3.05) is 20.7 Å². The normalized spacial score (nSPS) is 15.3. The highest BCUT2D eigenvalue weighted by Gasteiger charge is 2.13. The van der Waals surface area contributed by atoms with Gasteiger partial charge >= 0.3 is 0 Å². The third-order valence-corrected chi connectivity index (χ3v) is 4.61. The first-order valence-corrected chi connectivity index (χ1v) is 9.40. The minimum atomic E-state index is -0.0741. The molecule has 142 valence electrons. The van der Waals surface area contributed by atoms with Crippen LogP contribution >= 0.6 is 12.2 Å². The lowest BCUT2D eigenvalue weighted by atomic mass is 9.96. The minimum Gasteiger partial charge on any atom is -0.484 e. The lowest BCUT2D eigenvalue weighted by Gasteiger charge is -2.23. The van der Waals surface area contributed by atoms with Gasteiger partial charge in [-0.25, -0.2) is 0 Å². The molecule has 1 saturated carbocycles. The molecular weight excluding hydrogens is 348 g/mol. The topological polar surface area (TPSA) is 66.0 Å². The molecule has 7 heteroatoms. The quantitative estimate of drug-likeness (QED) is 0.454. The molecule has 1 aromatic carbocycles. The van der Waals surface area contributed by atoms with Crippen molar-refractivity contribution < 1.29 is 9.53 Å². The molecule has 0 atom stereocenters. The smallest absolute Gasteiger partial charge is 0.259 e. The summed E-state index contributed by atoms with van der Waals surface area (Å²) < 4.78 is 5.47. The van der Waals surface area contributed by atoms with Gasteiger partial charge in [-0.2, -0.15) is 5.10 Å². The zero-order chi connectivity index (χ0) is 18.9. The number of hydrogen-bond donors (Lipinski definition) is 2. The molecule has 1 fully saturated rings. The maximum absolute atomic E-state index is 11.5. The number of rotatable bonds is 6. The Kier molecular flexibility index (Phi) is 7.84. The first kappa shape index (κ1) is 20.2. The number of ether oxygens (including phenoxy) is 1. The fourth-order valence-electron chi connectivity index (χ4n) is 2.73. The van der Waals surface area contributed by atoms with Crippen LogP contribution in [0.1, 0.15) is 44.6 Å². The van der Waals surface area contributed by atoms with Crippen molar-refractivity contribution >= 4 is 28.9 Å². The number of hydrogen-bond acceptors (Lipinski definition) is 4. The zero-order valence-corrected chi connectivity index (χ0v) is 16.6. The van der Waals surface area contributed by atoms with Crippen molar-refractivity contribution in [2.45, 2.75) is 45.1 Å². The molecule has 1 aliphatic rings. The van der Waals surface area contributed by atoms with Crippen LogP contribution in [-0.4, -0.2) is 48.4 Å². The van der Waals surface area contributed by atoms with Gasteiger partial charge in [0.05, 0.1) is 5.71 Å². The van der Waals surface area contributed by atoms with Crippen LogP contribution in [-0.2, 0) is 4.79 Å². The van der Waals surface area contributed by atoms with Gasteiger partial charge in [0, 0.05) is 20.1 Å². The van der Waals surface area contributed by atoms with Crippen molar-refractivity contribution in [1.29, 1.82) is 0 Å². The van der Waals surface area contributed by atoms with Crippen LogP contribution < -0.4 is 15.5 Å². The summed E-state index contributed by atoms with van der Waals surface area (Å²) in [6.45, 7) is 1.95. The molecule has 0 spiro atoms. The highest BCUT2D eigenvalue weighted by atomic mass is 32.1. The molecule has 0 saturated heterocycles. The third kappa shape index (κ3) is 6.63. The van der Waals surface area contributed by atoms with Crippen molar-refractivity contribution in [3.8, 4) is 5.75 Å². The van der Waals surface area contributed by atoms with Crippen molar-refractivity contribution in [2.24, 2.45) is 5.10 Å². The molecule has 1 amide bonds. The number of carbonyl (C=O) groups is 1. The number of benzene rings is 1. The molecule has 6 nitrogen and oxygen atoms in total. The molecule has 2 N–H and O–H groups in total. The van der Waals surface area contributed by atoms with Gasteiger partial charge in [0.1, 0.15) is 5.75 Å². The van der Waals surface area contributed by atoms with E-state index < -0.39 is 0 Å². The second-order valence-electron chi connectivity index (χ2n) is 6.72. The van der Waals surface area contributed by atoms with Gasteiger partial charge in [-0.05, 0) is 61.8 Å². The Balaban J connectivity index is 1.82. The number of amides is 1. The molecular formula is C19H28N4O2S. The van der Waals surface area contributed by atoms with E-state index in [0.29, 0.717) is 16.9 Å². The Morgan fingerprint density at radius 2 is 1.88 bits per heavy atom. The van der Waals surface area contributed by atoms with Crippen molar-refractivity contribution in [1.82, 2.24) is 15.6 Å². The van der Waals surface area contributed by atoms with E-state index in [-0.39, 0.29) is 12.5 Å². The first-order valence-electron chi connectivity index (χ1n) is 9.00. The lowest BCUT2D eigenvalue weighted by Crippen LogP contribution is -2.41. The Morgan fingerprint density at radius 3 is 2.50 bits per heavy atom. The van der Waals surface area contributed by atoms with Crippen LogP contribution in [0.2, 0.25) is 0 Å². The molecule has 2 rings (SSSR count). The van der Waals surface area contributed by atoms with E-state index in [1.807, 2.05) is 31.2 Å². The third-order valence-electron chi connectivity index (χ3n) is 4.40. The van der Waals surface area contributed by atoms with E-state index in [2.05, 4.69) is 15.8 Å². The van der Waals surface area contributed by atoms with Gasteiger partial charge in [-0.15, -0.1) is 0 Å². The maximum Gasteiger partial charge on any atom is 0.259 e. The first-order chi connectivity index (χ1) is 12.5. The molecule has 0 heterocycles. The zero-order valence-electron chi connectivity index (χ0n) is 15.7. The Labute approximate surface area is 161 Å². The van der Waals surface area contributed by atoms with Crippen LogP contribution in [0.3, 0.4) is 0 Å². The number of thiocarbonyl (C=S) groups is 1. The number of carbonyl (C=O) groups excluding carboxylic acids is 1. The Morgan fingerprint density at radius 1 is 1.23 bits per heavy atom. The van der Waals surface area contributed by atoms with Gasteiger partial charge in [-0.1, -0.05) is 19.3 Å². The minimum absolute atomic E-state index is 0.0298. The summed E-state index contributed by atoms with van der Waals surface area (Å²) in [5, 5.41) is 8.24. The standard InChI is InChI=1S/C19H28N4O2S/c1-14(21-22-19(26)20-16-7-5-4-6-8-16)15-9-11-17(12-10-15)25-13-18(24)23(2)3/h9-12,16H,4-8,13H2,1-3H3,(H2,20,22,26)/b21-14-. The SMILES string of the molecule is C/C(=N/NC(=S)NC1CCCCC1)c1ccc(OCC(=O)N(C)C)cc1. The lowest BCUT2D eigenvalue weighted by molar-refractivity contribution is -0.130. The molecule has 0 bridgehead atoms. The van der Waals surface area contributed by atoms with Gasteiger partial charge in [0.2, 0.25) is 0 Å². The second-order valence-corrected chi connectivity index (χ2v) is 7.13. The fourth-order valence-corrected chi connectivity index (χ4v) is 2.94. The van der Waals surface area contributed by atoms with E-state index in [1.54, 1.807) is 14.1 Å². The number of nitrogens with zero attached hydrogens (tertiary/aromatic N) is 2. The molecule has 0 radical (unpaired) electrons. The molecule has 0 unspecified atom stereocenters. The largest absolute Gasteiger partial charge is 0.484 e. The number of nitrogens with one attached hydrogen (secondary N) is 2. The van der Waals surface area contributed by atoms with Crippen molar-refractivity contribution in [3.63, 3.8) is 0 Å². The van der Waals surface area contributed by atoms with E-state index in [0.717, 1.165) is 11.3 Å². The van der Waals surface area contributed by atoms with Crippen LogP contribution in [0.5, 0.6) is 5.75 Å². The Bertz CT molecular complexity index is 637. The van der Waals surface area contributed by atoms with E-state index in [4.69, 9.17) is 17.0 Å². The van der Waals surface area contributed by atoms with Crippen molar-refractivity contribution in [3.05, 3.63) is 29.8 Å². The van der Waals surface area contributed by atoms with E-state index in [9.17, 15) is 4.79 Å². The van der Waals surface area contributed by atoms with Crippen LogP contribution in [0.15, 0.2) is 29.4 Å². The summed E-state index contributed by atoms with van der Waals surface area (Å²) in [7, 11) is 3.41. The molecule has 0 aromatic heterocycles. The second kappa shape index (κ2) is 10.1. The monoisotopic (exact) mass is 376 g/mol. The van der Waals surface area contributed by atoms with Gasteiger partial charge in [0.15, 0.2) is 11.7 Å². The molecule has 1 aliphatic carbocycles. The molecule has 26 heavy (non-hydrogen) atoms. The summed E-state index contributed by atoms with van der Waals surface area (Å²) in [4.78, 5) is 13.0. The maximum atomic E-state index is 11.5. The van der Waals surface area contributed by atoms with Gasteiger partial charge in [0.25, 0.3) is 5.91 Å². The predicted molar refractivity (Wildman–Crippen MR) is 109 cm³/mol.